The van der Waals surface area contributed by atoms with Crippen LogP contribution in [0.2, 0.25) is 0 Å². The van der Waals surface area contributed by atoms with Crippen LogP contribution in [0.5, 0.6) is 0 Å². The Hall–Kier alpha value is -0.530. The summed E-state index contributed by atoms with van der Waals surface area (Å²) in [4.78, 5) is 14.5. The molecule has 1 saturated heterocycles. The maximum absolute atomic E-state index is 12.3. The van der Waals surface area contributed by atoms with E-state index in [1.807, 2.05) is 0 Å². The van der Waals surface area contributed by atoms with E-state index in [0.29, 0.717) is 23.9 Å². The number of hydrogen-bond acceptors (Lipinski definition) is 1. The third-order valence-corrected chi connectivity index (χ3v) is 4.50. The predicted molar refractivity (Wildman–Crippen MR) is 61.4 cm³/mol. The first-order valence-electron chi connectivity index (χ1n) is 6.38. The summed E-state index contributed by atoms with van der Waals surface area (Å²) >= 11 is 0. The molecule has 0 aromatic heterocycles. The van der Waals surface area contributed by atoms with Crippen LogP contribution in [-0.2, 0) is 4.79 Å². The molecule has 4 unspecified atom stereocenters. The van der Waals surface area contributed by atoms with Gasteiger partial charge in [-0.2, -0.15) is 0 Å². The lowest BCUT2D eigenvalue weighted by atomic mass is 9.92. The van der Waals surface area contributed by atoms with E-state index in [-0.39, 0.29) is 5.92 Å². The number of carbonyl (C=O) groups excluding carboxylic acids is 1. The first-order chi connectivity index (χ1) is 7.06. The Morgan fingerprint density at radius 3 is 2.53 bits per heavy atom. The van der Waals surface area contributed by atoms with Crippen molar-refractivity contribution in [2.75, 3.05) is 0 Å². The molecular weight excluding hydrogens is 186 g/mol. The highest BCUT2D eigenvalue weighted by Gasteiger charge is 2.52. The van der Waals surface area contributed by atoms with E-state index in [2.05, 4.69) is 32.6 Å². The number of nitrogens with zero attached hydrogens (tertiary/aromatic N) is 1. The molecule has 1 aliphatic carbocycles. The maximum atomic E-state index is 12.3. The molecule has 2 aliphatic rings. The lowest BCUT2D eigenvalue weighted by Crippen LogP contribution is -2.41. The molecule has 0 radical (unpaired) electrons. The van der Waals surface area contributed by atoms with Crippen LogP contribution in [0.15, 0.2) is 0 Å². The Kier molecular flexibility index (Phi) is 2.78. The van der Waals surface area contributed by atoms with Crippen molar-refractivity contribution >= 4 is 5.91 Å². The third kappa shape index (κ3) is 1.79. The number of rotatable bonds is 3. The Morgan fingerprint density at radius 2 is 2.07 bits per heavy atom. The van der Waals surface area contributed by atoms with Crippen LogP contribution in [0.25, 0.3) is 0 Å². The Labute approximate surface area is 93.0 Å². The summed E-state index contributed by atoms with van der Waals surface area (Å²) in [5.74, 6) is 1.97. The molecule has 0 aromatic rings. The summed E-state index contributed by atoms with van der Waals surface area (Å²) in [6.07, 6.45) is 3.61. The standard InChI is InChI=1S/C13H23NO/c1-5-8(2)10(4)13(15)14-9(3)6-11-7-12(11)14/h8-12H,5-7H2,1-4H3/t8?,9-,10?,11?,12?/m1/s1. The van der Waals surface area contributed by atoms with Crippen LogP contribution in [0.4, 0.5) is 0 Å². The van der Waals surface area contributed by atoms with Gasteiger partial charge < -0.3 is 4.90 Å². The van der Waals surface area contributed by atoms with Crippen LogP contribution in [0.3, 0.4) is 0 Å². The van der Waals surface area contributed by atoms with E-state index >= 15 is 0 Å². The second kappa shape index (κ2) is 3.80. The van der Waals surface area contributed by atoms with Crippen molar-refractivity contribution < 1.29 is 4.79 Å². The fourth-order valence-corrected chi connectivity index (χ4v) is 2.92. The molecule has 15 heavy (non-hydrogen) atoms. The molecule has 2 nitrogen and oxygen atoms in total. The summed E-state index contributed by atoms with van der Waals surface area (Å²) in [7, 11) is 0. The zero-order chi connectivity index (χ0) is 11.2. The van der Waals surface area contributed by atoms with E-state index in [9.17, 15) is 4.79 Å². The molecule has 1 amide bonds. The minimum atomic E-state index is 0.205. The summed E-state index contributed by atoms with van der Waals surface area (Å²) in [6, 6.07) is 1.10. The zero-order valence-corrected chi connectivity index (χ0v) is 10.4. The van der Waals surface area contributed by atoms with Gasteiger partial charge in [-0.15, -0.1) is 0 Å². The Balaban J connectivity index is 2.01. The molecule has 2 rings (SSSR count). The highest BCUT2D eigenvalue weighted by Crippen LogP contribution is 2.48. The molecule has 0 spiro atoms. The molecule has 2 heteroatoms. The average molecular weight is 209 g/mol. The molecule has 2 fully saturated rings. The number of fused-ring (bicyclic) bond motifs is 1. The number of piperidine rings is 1. The van der Waals surface area contributed by atoms with Crippen molar-refractivity contribution in [3.63, 3.8) is 0 Å². The second-order valence-corrected chi connectivity index (χ2v) is 5.57. The van der Waals surface area contributed by atoms with Gasteiger partial charge in [0.15, 0.2) is 0 Å². The van der Waals surface area contributed by atoms with E-state index < -0.39 is 0 Å². The summed E-state index contributed by atoms with van der Waals surface area (Å²) in [5, 5.41) is 0. The number of hydrogen-bond donors (Lipinski definition) is 0. The SMILES string of the molecule is CCC(C)C(C)C(=O)N1C2CC2C[C@H]1C. The van der Waals surface area contributed by atoms with Gasteiger partial charge in [-0.1, -0.05) is 27.2 Å². The first kappa shape index (κ1) is 11.0. The largest absolute Gasteiger partial charge is 0.336 e. The average Bonchev–Trinajstić information content (AvgIpc) is 2.88. The fraction of sp³-hybridized carbons (Fsp3) is 0.923. The van der Waals surface area contributed by atoms with Crippen molar-refractivity contribution in [2.24, 2.45) is 17.8 Å². The lowest BCUT2D eigenvalue weighted by molar-refractivity contribution is -0.138. The van der Waals surface area contributed by atoms with Gasteiger partial charge in [-0.05, 0) is 31.6 Å². The molecule has 86 valence electrons. The van der Waals surface area contributed by atoms with Crippen molar-refractivity contribution in [1.29, 1.82) is 0 Å². The number of carbonyl (C=O) groups is 1. The smallest absolute Gasteiger partial charge is 0.226 e. The van der Waals surface area contributed by atoms with Gasteiger partial charge in [-0.3, -0.25) is 4.79 Å². The van der Waals surface area contributed by atoms with Gasteiger partial charge in [0.2, 0.25) is 5.91 Å². The van der Waals surface area contributed by atoms with Gasteiger partial charge in [-0.25, -0.2) is 0 Å². The van der Waals surface area contributed by atoms with Crippen molar-refractivity contribution in [3.8, 4) is 0 Å². The van der Waals surface area contributed by atoms with Crippen LogP contribution in [-0.4, -0.2) is 22.9 Å². The van der Waals surface area contributed by atoms with Gasteiger partial charge in [0.1, 0.15) is 0 Å². The minimum Gasteiger partial charge on any atom is -0.336 e. The number of amides is 1. The predicted octanol–water partition coefficient (Wildman–Crippen LogP) is 2.68. The lowest BCUT2D eigenvalue weighted by Gasteiger charge is -2.29. The zero-order valence-electron chi connectivity index (χ0n) is 10.4. The molecular formula is C13H23NO. The fourth-order valence-electron chi connectivity index (χ4n) is 2.92. The summed E-state index contributed by atoms with van der Waals surface area (Å²) in [6.45, 7) is 8.65. The van der Waals surface area contributed by atoms with E-state index in [4.69, 9.17) is 0 Å². The van der Waals surface area contributed by atoms with Crippen molar-refractivity contribution in [3.05, 3.63) is 0 Å². The summed E-state index contributed by atoms with van der Waals surface area (Å²) < 4.78 is 0. The van der Waals surface area contributed by atoms with Gasteiger partial charge in [0.05, 0.1) is 0 Å². The third-order valence-electron chi connectivity index (χ3n) is 4.50. The van der Waals surface area contributed by atoms with Crippen LogP contribution in [0, 0.1) is 17.8 Å². The molecule has 0 bridgehead atoms. The van der Waals surface area contributed by atoms with E-state index in [1.54, 1.807) is 0 Å². The molecule has 0 N–H and O–H groups in total. The highest BCUT2D eigenvalue weighted by atomic mass is 16.2. The molecule has 1 heterocycles. The maximum Gasteiger partial charge on any atom is 0.226 e. The normalized spacial score (nSPS) is 37.3. The molecule has 0 aromatic carbocycles. The monoisotopic (exact) mass is 209 g/mol. The quantitative estimate of drug-likeness (QED) is 0.700. The first-order valence-corrected chi connectivity index (χ1v) is 6.38. The van der Waals surface area contributed by atoms with Gasteiger partial charge in [0.25, 0.3) is 0 Å². The number of likely N-dealkylation sites (tertiary alicyclic amines) is 1. The summed E-state index contributed by atoms with van der Waals surface area (Å²) in [5.41, 5.74) is 0. The Morgan fingerprint density at radius 1 is 1.40 bits per heavy atom. The van der Waals surface area contributed by atoms with Gasteiger partial charge >= 0.3 is 0 Å². The van der Waals surface area contributed by atoms with Crippen LogP contribution < -0.4 is 0 Å². The van der Waals surface area contributed by atoms with E-state index in [1.165, 1.54) is 12.8 Å². The molecule has 1 saturated carbocycles. The topological polar surface area (TPSA) is 20.3 Å². The second-order valence-electron chi connectivity index (χ2n) is 5.57. The minimum absolute atomic E-state index is 0.205. The molecule has 1 aliphatic heterocycles. The van der Waals surface area contributed by atoms with Gasteiger partial charge in [0, 0.05) is 18.0 Å². The van der Waals surface area contributed by atoms with E-state index in [0.717, 1.165) is 12.3 Å². The molecule has 5 atom stereocenters. The van der Waals surface area contributed by atoms with Crippen molar-refractivity contribution in [1.82, 2.24) is 4.90 Å². The Bertz CT molecular complexity index is 261. The van der Waals surface area contributed by atoms with Crippen molar-refractivity contribution in [2.45, 2.75) is 59.0 Å². The highest BCUT2D eigenvalue weighted by molar-refractivity contribution is 5.80. The van der Waals surface area contributed by atoms with Crippen LogP contribution in [0.1, 0.15) is 47.0 Å². The van der Waals surface area contributed by atoms with Crippen LogP contribution >= 0.6 is 0 Å².